The molecule has 0 spiro atoms. The fourth-order valence-corrected chi connectivity index (χ4v) is 2.09. The predicted octanol–water partition coefficient (Wildman–Crippen LogP) is 3.16. The van der Waals surface area contributed by atoms with Crippen molar-refractivity contribution in [1.29, 1.82) is 0 Å². The van der Waals surface area contributed by atoms with Gasteiger partial charge in [0.1, 0.15) is 0 Å². The second-order valence-electron chi connectivity index (χ2n) is 3.80. The molecule has 1 aromatic carbocycles. The molecule has 0 atom stereocenters. The first-order valence-corrected chi connectivity index (χ1v) is 5.93. The summed E-state index contributed by atoms with van der Waals surface area (Å²) in [6.45, 7) is 2.16. The number of nitrogens with one attached hydrogen (secondary N) is 2. The lowest BCUT2D eigenvalue weighted by Gasteiger charge is -2.24. The number of rotatable bonds is 2. The zero-order valence-electron chi connectivity index (χ0n) is 8.39. The SMILES string of the molecule is Clc1ccc(NC2CCNCC2)cc1Cl. The largest absolute Gasteiger partial charge is 0.382 e. The fourth-order valence-electron chi connectivity index (χ4n) is 1.79. The summed E-state index contributed by atoms with van der Waals surface area (Å²) in [5.41, 5.74) is 1.05. The van der Waals surface area contributed by atoms with Crippen LogP contribution in [-0.4, -0.2) is 19.1 Å². The van der Waals surface area contributed by atoms with Crippen molar-refractivity contribution in [3.05, 3.63) is 28.2 Å². The summed E-state index contributed by atoms with van der Waals surface area (Å²) < 4.78 is 0. The first-order valence-electron chi connectivity index (χ1n) is 5.18. The molecule has 1 aromatic rings. The molecule has 1 fully saturated rings. The van der Waals surface area contributed by atoms with Crippen molar-refractivity contribution in [3.63, 3.8) is 0 Å². The summed E-state index contributed by atoms with van der Waals surface area (Å²) >= 11 is 11.8. The van der Waals surface area contributed by atoms with Crippen LogP contribution in [0, 0.1) is 0 Å². The van der Waals surface area contributed by atoms with Crippen LogP contribution in [0.15, 0.2) is 18.2 Å². The molecule has 0 aliphatic carbocycles. The molecular weight excluding hydrogens is 231 g/mol. The van der Waals surface area contributed by atoms with Gasteiger partial charge in [0.05, 0.1) is 10.0 Å². The van der Waals surface area contributed by atoms with E-state index in [4.69, 9.17) is 23.2 Å². The third kappa shape index (κ3) is 3.00. The number of hydrogen-bond donors (Lipinski definition) is 2. The van der Waals surface area contributed by atoms with Gasteiger partial charge in [-0.2, -0.15) is 0 Å². The van der Waals surface area contributed by atoms with Crippen molar-refractivity contribution >= 4 is 28.9 Å². The van der Waals surface area contributed by atoms with E-state index in [0.29, 0.717) is 16.1 Å². The van der Waals surface area contributed by atoms with Crippen LogP contribution < -0.4 is 10.6 Å². The Hall–Kier alpha value is -0.440. The van der Waals surface area contributed by atoms with Crippen LogP contribution in [0.5, 0.6) is 0 Å². The number of hydrogen-bond acceptors (Lipinski definition) is 2. The van der Waals surface area contributed by atoms with Crippen molar-refractivity contribution in [2.24, 2.45) is 0 Å². The summed E-state index contributed by atoms with van der Waals surface area (Å²) in [5.74, 6) is 0. The van der Waals surface area contributed by atoms with Gasteiger partial charge in [-0.1, -0.05) is 23.2 Å². The Morgan fingerprint density at radius 2 is 1.87 bits per heavy atom. The Labute approximate surface area is 100.0 Å². The smallest absolute Gasteiger partial charge is 0.0612 e. The maximum Gasteiger partial charge on any atom is 0.0612 e. The van der Waals surface area contributed by atoms with E-state index in [1.165, 1.54) is 0 Å². The molecule has 0 radical (unpaired) electrons. The zero-order valence-corrected chi connectivity index (χ0v) is 9.91. The Morgan fingerprint density at radius 1 is 1.13 bits per heavy atom. The van der Waals surface area contributed by atoms with Gasteiger partial charge in [-0.25, -0.2) is 0 Å². The molecule has 2 nitrogen and oxygen atoms in total. The van der Waals surface area contributed by atoms with Crippen molar-refractivity contribution in [3.8, 4) is 0 Å². The van der Waals surface area contributed by atoms with Gasteiger partial charge in [0.25, 0.3) is 0 Å². The van der Waals surface area contributed by atoms with Gasteiger partial charge in [-0.3, -0.25) is 0 Å². The lowest BCUT2D eigenvalue weighted by Crippen LogP contribution is -2.35. The molecule has 0 unspecified atom stereocenters. The molecule has 82 valence electrons. The zero-order chi connectivity index (χ0) is 10.7. The highest BCUT2D eigenvalue weighted by molar-refractivity contribution is 6.42. The standard InChI is InChI=1S/C11H14Cl2N2/c12-10-2-1-9(7-11(10)13)15-8-3-5-14-6-4-8/h1-2,7-8,14-15H,3-6H2. The van der Waals surface area contributed by atoms with Crippen LogP contribution in [0.2, 0.25) is 10.0 Å². The highest BCUT2D eigenvalue weighted by Crippen LogP contribution is 2.25. The third-order valence-corrected chi connectivity index (χ3v) is 3.37. The van der Waals surface area contributed by atoms with E-state index >= 15 is 0 Å². The van der Waals surface area contributed by atoms with Gasteiger partial charge in [0, 0.05) is 11.7 Å². The molecule has 1 saturated heterocycles. The second-order valence-corrected chi connectivity index (χ2v) is 4.61. The van der Waals surface area contributed by atoms with Gasteiger partial charge in [0.15, 0.2) is 0 Å². The number of halogens is 2. The molecule has 0 amide bonds. The van der Waals surface area contributed by atoms with Gasteiger partial charge >= 0.3 is 0 Å². The first kappa shape index (κ1) is 11.1. The molecule has 4 heteroatoms. The molecule has 0 saturated carbocycles. The summed E-state index contributed by atoms with van der Waals surface area (Å²) in [5, 5.41) is 8.01. The molecule has 1 heterocycles. The maximum atomic E-state index is 5.95. The number of benzene rings is 1. The molecule has 15 heavy (non-hydrogen) atoms. The van der Waals surface area contributed by atoms with Crippen molar-refractivity contribution < 1.29 is 0 Å². The van der Waals surface area contributed by atoms with Crippen molar-refractivity contribution in [2.75, 3.05) is 18.4 Å². The molecule has 0 bridgehead atoms. The van der Waals surface area contributed by atoms with Crippen molar-refractivity contribution in [2.45, 2.75) is 18.9 Å². The minimum Gasteiger partial charge on any atom is -0.382 e. The van der Waals surface area contributed by atoms with Gasteiger partial charge in [0.2, 0.25) is 0 Å². The second kappa shape index (κ2) is 5.06. The number of anilines is 1. The Kier molecular flexibility index (Phi) is 3.73. The Morgan fingerprint density at radius 3 is 2.53 bits per heavy atom. The average Bonchev–Trinajstić information content (AvgIpc) is 2.25. The normalized spacial score (nSPS) is 17.7. The van der Waals surface area contributed by atoms with E-state index in [9.17, 15) is 0 Å². The maximum absolute atomic E-state index is 5.95. The molecular formula is C11H14Cl2N2. The summed E-state index contributed by atoms with van der Waals surface area (Å²) in [6.07, 6.45) is 2.31. The fraction of sp³-hybridized carbons (Fsp3) is 0.455. The van der Waals surface area contributed by atoms with Crippen LogP contribution in [-0.2, 0) is 0 Å². The monoisotopic (exact) mass is 244 g/mol. The van der Waals surface area contributed by atoms with Crippen LogP contribution in [0.3, 0.4) is 0 Å². The summed E-state index contributed by atoms with van der Waals surface area (Å²) in [6, 6.07) is 6.22. The molecule has 2 N–H and O–H groups in total. The lowest BCUT2D eigenvalue weighted by molar-refractivity contribution is 0.479. The van der Waals surface area contributed by atoms with E-state index in [-0.39, 0.29) is 0 Å². The summed E-state index contributed by atoms with van der Waals surface area (Å²) in [7, 11) is 0. The predicted molar refractivity (Wildman–Crippen MR) is 66.0 cm³/mol. The van der Waals surface area contributed by atoms with E-state index < -0.39 is 0 Å². The van der Waals surface area contributed by atoms with Crippen LogP contribution >= 0.6 is 23.2 Å². The average molecular weight is 245 g/mol. The topological polar surface area (TPSA) is 24.1 Å². The minimum absolute atomic E-state index is 0.545. The number of piperidine rings is 1. The third-order valence-electron chi connectivity index (χ3n) is 2.63. The summed E-state index contributed by atoms with van der Waals surface area (Å²) in [4.78, 5) is 0. The van der Waals surface area contributed by atoms with E-state index in [0.717, 1.165) is 31.6 Å². The quantitative estimate of drug-likeness (QED) is 0.836. The van der Waals surface area contributed by atoms with Crippen LogP contribution in [0.4, 0.5) is 5.69 Å². The van der Waals surface area contributed by atoms with Crippen LogP contribution in [0.1, 0.15) is 12.8 Å². The molecule has 1 aliphatic rings. The molecule has 0 aromatic heterocycles. The highest BCUT2D eigenvalue weighted by Gasteiger charge is 2.12. The van der Waals surface area contributed by atoms with Gasteiger partial charge < -0.3 is 10.6 Å². The first-order chi connectivity index (χ1) is 7.25. The van der Waals surface area contributed by atoms with Gasteiger partial charge in [-0.15, -0.1) is 0 Å². The van der Waals surface area contributed by atoms with E-state index in [1.54, 1.807) is 0 Å². The Balaban J connectivity index is 2.00. The van der Waals surface area contributed by atoms with Gasteiger partial charge in [-0.05, 0) is 44.1 Å². The minimum atomic E-state index is 0.545. The van der Waals surface area contributed by atoms with E-state index in [2.05, 4.69) is 10.6 Å². The highest BCUT2D eigenvalue weighted by atomic mass is 35.5. The molecule has 1 aliphatic heterocycles. The molecule has 2 rings (SSSR count). The van der Waals surface area contributed by atoms with Crippen LogP contribution in [0.25, 0.3) is 0 Å². The lowest BCUT2D eigenvalue weighted by atomic mass is 10.1. The Bertz CT molecular complexity index is 335. The van der Waals surface area contributed by atoms with E-state index in [1.807, 2.05) is 18.2 Å². The van der Waals surface area contributed by atoms with Crippen molar-refractivity contribution in [1.82, 2.24) is 5.32 Å².